The van der Waals surface area contributed by atoms with Gasteiger partial charge in [0.05, 0.1) is 12.3 Å². The minimum Gasteiger partial charge on any atom is -0.447 e. The zero-order valence-electron chi connectivity index (χ0n) is 8.43. The Hall–Kier alpha value is -1.59. The topological polar surface area (TPSA) is 68.2 Å². The first-order chi connectivity index (χ1) is 7.22. The minimum absolute atomic E-state index is 0.263. The Bertz CT molecular complexity index is 326. The highest BCUT2D eigenvalue weighted by Crippen LogP contribution is 2.17. The molecule has 0 aromatic carbocycles. The molecule has 2 amide bonds. The van der Waals surface area contributed by atoms with Crippen LogP contribution in [0.4, 0.5) is 4.79 Å². The summed E-state index contributed by atoms with van der Waals surface area (Å²) in [6, 6.07) is 0. The fourth-order valence-corrected chi connectivity index (χ4v) is 1.54. The maximum Gasteiger partial charge on any atom is 0.416 e. The monoisotopic (exact) mass is 212 g/mol. The van der Waals surface area contributed by atoms with Gasteiger partial charge in [-0.05, 0) is 6.42 Å². The standard InChI is InChI=1S/C9H12N2O4/c1-2-6-5-7(15-10-6)8(12)11-3-4-14-9(11)13/h7H,2-5H2,1H3. The lowest BCUT2D eigenvalue weighted by molar-refractivity contribution is -0.138. The minimum atomic E-state index is -0.648. The molecule has 0 aromatic rings. The molecule has 2 aliphatic heterocycles. The normalized spacial score (nSPS) is 24.9. The molecule has 82 valence electrons. The Balaban J connectivity index is 1.95. The summed E-state index contributed by atoms with van der Waals surface area (Å²) in [5, 5.41) is 3.77. The third kappa shape index (κ3) is 1.79. The largest absolute Gasteiger partial charge is 0.447 e. The van der Waals surface area contributed by atoms with Crippen LogP contribution in [0.2, 0.25) is 0 Å². The van der Waals surface area contributed by atoms with Gasteiger partial charge in [0.15, 0.2) is 0 Å². The SMILES string of the molecule is CCC1=NOC(C(=O)N2CCOC2=O)C1. The number of amides is 2. The molecule has 2 rings (SSSR count). The summed E-state index contributed by atoms with van der Waals surface area (Å²) in [5.74, 6) is -0.357. The van der Waals surface area contributed by atoms with E-state index < -0.39 is 12.2 Å². The highest BCUT2D eigenvalue weighted by atomic mass is 16.6. The van der Waals surface area contributed by atoms with Crippen LogP contribution in [0.5, 0.6) is 0 Å². The van der Waals surface area contributed by atoms with Gasteiger partial charge in [-0.1, -0.05) is 12.1 Å². The Morgan fingerprint density at radius 2 is 2.47 bits per heavy atom. The summed E-state index contributed by atoms with van der Waals surface area (Å²) in [6.07, 6.45) is -0.00740. The lowest BCUT2D eigenvalue weighted by Crippen LogP contribution is -2.39. The van der Waals surface area contributed by atoms with E-state index >= 15 is 0 Å². The molecule has 1 fully saturated rings. The van der Waals surface area contributed by atoms with Gasteiger partial charge in [0.25, 0.3) is 5.91 Å². The highest BCUT2D eigenvalue weighted by Gasteiger charge is 2.37. The van der Waals surface area contributed by atoms with Crippen LogP contribution in [0.1, 0.15) is 19.8 Å². The molecule has 15 heavy (non-hydrogen) atoms. The number of hydrogen-bond donors (Lipinski definition) is 0. The first-order valence-corrected chi connectivity index (χ1v) is 4.92. The van der Waals surface area contributed by atoms with Crippen molar-refractivity contribution in [3.8, 4) is 0 Å². The molecular formula is C9H12N2O4. The average molecular weight is 212 g/mol. The molecule has 0 aliphatic carbocycles. The zero-order valence-corrected chi connectivity index (χ0v) is 8.43. The number of cyclic esters (lactones) is 1. The number of rotatable bonds is 2. The summed E-state index contributed by atoms with van der Waals surface area (Å²) in [5.41, 5.74) is 0.848. The van der Waals surface area contributed by atoms with Crippen LogP contribution in [0, 0.1) is 0 Å². The van der Waals surface area contributed by atoms with Crippen molar-refractivity contribution in [3.63, 3.8) is 0 Å². The van der Waals surface area contributed by atoms with Crippen molar-refractivity contribution >= 4 is 17.7 Å². The van der Waals surface area contributed by atoms with E-state index in [1.807, 2.05) is 6.92 Å². The van der Waals surface area contributed by atoms with Gasteiger partial charge in [-0.25, -0.2) is 9.69 Å². The summed E-state index contributed by atoms with van der Waals surface area (Å²) in [7, 11) is 0. The molecule has 6 nitrogen and oxygen atoms in total. The Morgan fingerprint density at radius 3 is 3.00 bits per heavy atom. The Morgan fingerprint density at radius 1 is 1.67 bits per heavy atom. The second-order valence-electron chi connectivity index (χ2n) is 3.41. The lowest BCUT2D eigenvalue weighted by atomic mass is 10.1. The van der Waals surface area contributed by atoms with E-state index in [0.717, 1.165) is 17.0 Å². The molecule has 0 saturated carbocycles. The quantitative estimate of drug-likeness (QED) is 0.669. The fraction of sp³-hybridized carbons (Fsp3) is 0.667. The lowest BCUT2D eigenvalue weighted by Gasteiger charge is -2.13. The van der Waals surface area contributed by atoms with Gasteiger partial charge in [0.2, 0.25) is 6.10 Å². The number of nitrogens with zero attached hydrogens (tertiary/aromatic N) is 2. The number of carbonyl (C=O) groups is 2. The number of oxime groups is 1. The molecule has 2 aliphatic rings. The summed E-state index contributed by atoms with van der Waals surface area (Å²) in [6.45, 7) is 2.51. The van der Waals surface area contributed by atoms with Crippen LogP contribution in [0.3, 0.4) is 0 Å². The number of carbonyl (C=O) groups excluding carboxylic acids is 2. The van der Waals surface area contributed by atoms with Crippen molar-refractivity contribution in [1.82, 2.24) is 4.90 Å². The van der Waals surface area contributed by atoms with Gasteiger partial charge in [0, 0.05) is 6.42 Å². The second-order valence-corrected chi connectivity index (χ2v) is 3.41. The second kappa shape index (κ2) is 3.88. The maximum atomic E-state index is 11.7. The third-order valence-electron chi connectivity index (χ3n) is 2.44. The van der Waals surface area contributed by atoms with Crippen LogP contribution >= 0.6 is 0 Å². The molecule has 0 spiro atoms. The van der Waals surface area contributed by atoms with Crippen molar-refractivity contribution in [3.05, 3.63) is 0 Å². The summed E-state index contributed by atoms with van der Waals surface area (Å²) >= 11 is 0. The van der Waals surface area contributed by atoms with Crippen LogP contribution in [0.15, 0.2) is 5.16 Å². The fourth-order valence-electron chi connectivity index (χ4n) is 1.54. The van der Waals surface area contributed by atoms with Crippen molar-refractivity contribution in [2.24, 2.45) is 5.16 Å². The Labute approximate surface area is 86.8 Å². The van der Waals surface area contributed by atoms with Crippen molar-refractivity contribution in [1.29, 1.82) is 0 Å². The van der Waals surface area contributed by atoms with Crippen LogP contribution in [-0.4, -0.2) is 41.9 Å². The van der Waals surface area contributed by atoms with Gasteiger partial charge < -0.3 is 9.57 Å². The average Bonchev–Trinajstić information content (AvgIpc) is 2.84. The first-order valence-electron chi connectivity index (χ1n) is 4.92. The van der Waals surface area contributed by atoms with E-state index in [1.165, 1.54) is 0 Å². The summed E-state index contributed by atoms with van der Waals surface area (Å²) in [4.78, 5) is 28.9. The zero-order chi connectivity index (χ0) is 10.8. The molecule has 1 unspecified atom stereocenters. The van der Waals surface area contributed by atoms with Gasteiger partial charge in [-0.3, -0.25) is 4.79 Å². The van der Waals surface area contributed by atoms with E-state index in [1.54, 1.807) is 0 Å². The smallest absolute Gasteiger partial charge is 0.416 e. The van der Waals surface area contributed by atoms with Gasteiger partial charge in [-0.2, -0.15) is 0 Å². The van der Waals surface area contributed by atoms with E-state index in [-0.39, 0.29) is 12.5 Å². The Kier molecular flexibility index (Phi) is 2.57. The molecule has 0 bridgehead atoms. The van der Waals surface area contributed by atoms with E-state index in [9.17, 15) is 9.59 Å². The maximum absolute atomic E-state index is 11.7. The van der Waals surface area contributed by atoms with Crippen molar-refractivity contribution in [2.45, 2.75) is 25.9 Å². The number of imide groups is 1. The van der Waals surface area contributed by atoms with Gasteiger partial charge in [-0.15, -0.1) is 0 Å². The van der Waals surface area contributed by atoms with Crippen LogP contribution in [-0.2, 0) is 14.4 Å². The van der Waals surface area contributed by atoms with Crippen molar-refractivity contribution < 1.29 is 19.2 Å². The molecule has 0 aromatic heterocycles. The predicted octanol–water partition coefficient (Wildman–Crippen LogP) is 0.520. The molecule has 0 N–H and O–H groups in total. The van der Waals surface area contributed by atoms with E-state index in [4.69, 9.17) is 4.84 Å². The number of hydrogen-bond acceptors (Lipinski definition) is 5. The van der Waals surface area contributed by atoms with Gasteiger partial charge in [0.1, 0.15) is 6.61 Å². The van der Waals surface area contributed by atoms with E-state index in [2.05, 4.69) is 9.89 Å². The molecule has 0 radical (unpaired) electrons. The van der Waals surface area contributed by atoms with Gasteiger partial charge >= 0.3 is 6.09 Å². The molecule has 1 atom stereocenters. The highest BCUT2D eigenvalue weighted by molar-refractivity contribution is 5.99. The third-order valence-corrected chi connectivity index (χ3v) is 2.44. The summed E-state index contributed by atoms with van der Waals surface area (Å²) < 4.78 is 4.67. The first kappa shape index (κ1) is 9.95. The molecule has 6 heteroatoms. The molecular weight excluding hydrogens is 200 g/mol. The predicted molar refractivity (Wildman–Crippen MR) is 50.3 cm³/mol. The molecule has 2 heterocycles. The van der Waals surface area contributed by atoms with Crippen LogP contribution in [0.25, 0.3) is 0 Å². The van der Waals surface area contributed by atoms with E-state index in [0.29, 0.717) is 13.0 Å². The van der Waals surface area contributed by atoms with Crippen LogP contribution < -0.4 is 0 Å². The number of ether oxygens (including phenoxy) is 1. The molecule has 1 saturated heterocycles. The van der Waals surface area contributed by atoms with Crippen molar-refractivity contribution in [2.75, 3.05) is 13.2 Å².